The Kier molecular flexibility index (Phi) is 4.96. The maximum absolute atomic E-state index is 12.2. The van der Waals surface area contributed by atoms with Gasteiger partial charge in [0.1, 0.15) is 0 Å². The lowest BCUT2D eigenvalue weighted by atomic mass is 10.1. The Labute approximate surface area is 124 Å². The number of rotatable bonds is 8. The molecule has 0 atom stereocenters. The minimum atomic E-state index is -0.807. The molecule has 1 aromatic carbocycles. The molecule has 1 fully saturated rings. The van der Waals surface area contributed by atoms with E-state index in [1.165, 1.54) is 0 Å². The third-order valence-electron chi connectivity index (χ3n) is 3.76. The lowest BCUT2D eigenvalue weighted by molar-refractivity contribution is -0.137. The van der Waals surface area contributed by atoms with Gasteiger partial charge >= 0.3 is 5.97 Å². The summed E-state index contributed by atoms with van der Waals surface area (Å²) in [5, 5.41) is 11.6. The highest BCUT2D eigenvalue weighted by Gasteiger charge is 2.50. The third kappa shape index (κ3) is 4.29. The molecule has 1 amide bonds. The quantitative estimate of drug-likeness (QED) is 0.771. The molecule has 21 heavy (non-hydrogen) atoms. The Bertz CT molecular complexity index is 506. The molecule has 0 heterocycles. The van der Waals surface area contributed by atoms with Crippen LogP contribution >= 0.6 is 0 Å². The predicted molar refractivity (Wildman–Crippen MR) is 79.2 cm³/mol. The van der Waals surface area contributed by atoms with Gasteiger partial charge in [0.05, 0.1) is 12.0 Å². The number of ether oxygens (including phenoxy) is 1. The average Bonchev–Trinajstić information content (AvgIpc) is 3.25. The van der Waals surface area contributed by atoms with E-state index in [9.17, 15) is 9.59 Å². The van der Waals surface area contributed by atoms with Crippen LogP contribution in [0.3, 0.4) is 0 Å². The van der Waals surface area contributed by atoms with Crippen molar-refractivity contribution in [1.82, 2.24) is 0 Å². The van der Waals surface area contributed by atoms with Crippen LogP contribution in [0, 0.1) is 5.41 Å². The zero-order chi connectivity index (χ0) is 15.3. The molecule has 0 aromatic heterocycles. The molecule has 1 saturated carbocycles. The zero-order valence-electron chi connectivity index (χ0n) is 12.2. The fourth-order valence-corrected chi connectivity index (χ4v) is 2.15. The fourth-order valence-electron chi connectivity index (χ4n) is 2.15. The summed E-state index contributed by atoms with van der Waals surface area (Å²) in [7, 11) is 0. The first kappa shape index (κ1) is 15.5. The van der Waals surface area contributed by atoms with E-state index >= 15 is 0 Å². The highest BCUT2D eigenvalue weighted by atomic mass is 16.5. The lowest BCUT2D eigenvalue weighted by Gasteiger charge is -2.15. The Morgan fingerprint density at radius 3 is 2.48 bits per heavy atom. The molecule has 1 aliphatic rings. The first-order valence-electron chi connectivity index (χ1n) is 7.26. The summed E-state index contributed by atoms with van der Waals surface area (Å²) in [4.78, 5) is 22.8. The van der Waals surface area contributed by atoms with Crippen molar-refractivity contribution >= 4 is 17.6 Å². The van der Waals surface area contributed by atoms with Crippen molar-refractivity contribution in [3.63, 3.8) is 0 Å². The highest BCUT2D eigenvalue weighted by Crippen LogP contribution is 2.46. The van der Waals surface area contributed by atoms with Crippen LogP contribution in [0.25, 0.3) is 0 Å². The lowest BCUT2D eigenvalue weighted by Crippen LogP contribution is -2.28. The summed E-state index contributed by atoms with van der Waals surface area (Å²) in [5.74, 6) is -0.798. The van der Waals surface area contributed by atoms with Crippen LogP contribution < -0.4 is 5.32 Å². The summed E-state index contributed by atoms with van der Waals surface area (Å²) in [6.07, 6.45) is 2.35. The van der Waals surface area contributed by atoms with Gasteiger partial charge in [0, 0.05) is 18.7 Å². The van der Waals surface area contributed by atoms with Gasteiger partial charge in [-0.3, -0.25) is 9.59 Å². The molecule has 1 aromatic rings. The zero-order valence-corrected chi connectivity index (χ0v) is 12.2. The molecule has 0 unspecified atom stereocenters. The first-order valence-corrected chi connectivity index (χ1v) is 7.26. The van der Waals surface area contributed by atoms with Crippen LogP contribution in [0.1, 0.15) is 31.7 Å². The van der Waals surface area contributed by atoms with Gasteiger partial charge in [-0.1, -0.05) is 12.1 Å². The number of amides is 1. The van der Waals surface area contributed by atoms with Gasteiger partial charge in [-0.2, -0.15) is 0 Å². The number of aryl methyl sites for hydroxylation is 1. The van der Waals surface area contributed by atoms with E-state index in [4.69, 9.17) is 9.84 Å². The molecule has 1 aliphatic carbocycles. The van der Waals surface area contributed by atoms with Crippen LogP contribution in [0.5, 0.6) is 0 Å². The molecule has 2 rings (SSSR count). The summed E-state index contributed by atoms with van der Waals surface area (Å²) < 4.78 is 5.38. The van der Waals surface area contributed by atoms with Gasteiger partial charge in [0.2, 0.25) is 5.91 Å². The van der Waals surface area contributed by atoms with E-state index in [1.54, 1.807) is 0 Å². The van der Waals surface area contributed by atoms with Gasteiger partial charge in [0.25, 0.3) is 0 Å². The second-order valence-electron chi connectivity index (χ2n) is 5.46. The molecular formula is C16H21NO4. The molecule has 2 N–H and O–H groups in total. The second kappa shape index (κ2) is 6.72. The fraction of sp³-hybridized carbons (Fsp3) is 0.500. The molecular weight excluding hydrogens is 270 g/mol. The van der Waals surface area contributed by atoms with Crippen molar-refractivity contribution in [1.29, 1.82) is 0 Å². The maximum Gasteiger partial charge on any atom is 0.303 e. The van der Waals surface area contributed by atoms with E-state index < -0.39 is 5.97 Å². The summed E-state index contributed by atoms with van der Waals surface area (Å²) in [5.41, 5.74) is 1.34. The molecule has 5 heteroatoms. The van der Waals surface area contributed by atoms with Crippen molar-refractivity contribution in [2.75, 3.05) is 18.5 Å². The molecule has 114 valence electrons. The number of carboxylic acid groups (broad SMARTS) is 1. The van der Waals surface area contributed by atoms with Gasteiger partial charge < -0.3 is 15.2 Å². The molecule has 0 radical (unpaired) electrons. The Morgan fingerprint density at radius 1 is 1.29 bits per heavy atom. The predicted octanol–water partition coefficient (Wildman–Crippen LogP) is 2.46. The molecule has 0 saturated heterocycles. The van der Waals surface area contributed by atoms with Gasteiger partial charge in [0.15, 0.2) is 0 Å². The minimum Gasteiger partial charge on any atom is -0.481 e. The maximum atomic E-state index is 12.2. The van der Waals surface area contributed by atoms with E-state index in [1.807, 2.05) is 31.2 Å². The normalized spacial score (nSPS) is 15.5. The van der Waals surface area contributed by atoms with Crippen LogP contribution in [0.15, 0.2) is 24.3 Å². The standard InChI is InChI=1S/C16H21NO4/c1-2-21-11-16(9-10-16)15(20)17-13-6-3-12(4-7-13)5-8-14(18)19/h3-4,6-7H,2,5,8-11H2,1H3,(H,17,20)(H,18,19). The van der Waals surface area contributed by atoms with E-state index in [0.29, 0.717) is 19.6 Å². The third-order valence-corrected chi connectivity index (χ3v) is 3.76. The number of carboxylic acids is 1. The summed E-state index contributed by atoms with van der Waals surface area (Å²) in [6, 6.07) is 7.32. The molecule has 5 nitrogen and oxygen atoms in total. The van der Waals surface area contributed by atoms with Crippen LogP contribution in [-0.2, 0) is 20.7 Å². The van der Waals surface area contributed by atoms with E-state index in [-0.39, 0.29) is 17.7 Å². The molecule has 0 bridgehead atoms. The number of carbonyl (C=O) groups excluding carboxylic acids is 1. The highest BCUT2D eigenvalue weighted by molar-refractivity contribution is 5.97. The number of hydrogen-bond donors (Lipinski definition) is 2. The minimum absolute atomic E-state index is 0.00855. The Hall–Kier alpha value is -1.88. The number of anilines is 1. The topological polar surface area (TPSA) is 75.6 Å². The van der Waals surface area contributed by atoms with E-state index in [0.717, 1.165) is 24.1 Å². The number of nitrogens with one attached hydrogen (secondary N) is 1. The van der Waals surface area contributed by atoms with Gasteiger partial charge in [-0.25, -0.2) is 0 Å². The van der Waals surface area contributed by atoms with Crippen molar-refractivity contribution in [2.24, 2.45) is 5.41 Å². The Morgan fingerprint density at radius 2 is 1.95 bits per heavy atom. The van der Waals surface area contributed by atoms with Crippen molar-refractivity contribution in [3.05, 3.63) is 29.8 Å². The van der Waals surface area contributed by atoms with Crippen LogP contribution in [-0.4, -0.2) is 30.2 Å². The van der Waals surface area contributed by atoms with Crippen molar-refractivity contribution < 1.29 is 19.4 Å². The number of hydrogen-bond acceptors (Lipinski definition) is 3. The summed E-state index contributed by atoms with van der Waals surface area (Å²) in [6.45, 7) is 3.02. The van der Waals surface area contributed by atoms with Crippen molar-refractivity contribution in [2.45, 2.75) is 32.6 Å². The smallest absolute Gasteiger partial charge is 0.303 e. The number of carbonyl (C=O) groups is 2. The SMILES string of the molecule is CCOCC1(C(=O)Nc2ccc(CCC(=O)O)cc2)CC1. The van der Waals surface area contributed by atoms with E-state index in [2.05, 4.69) is 5.32 Å². The van der Waals surface area contributed by atoms with Crippen LogP contribution in [0.4, 0.5) is 5.69 Å². The summed E-state index contributed by atoms with van der Waals surface area (Å²) >= 11 is 0. The Balaban J connectivity index is 1.88. The largest absolute Gasteiger partial charge is 0.481 e. The molecule has 0 spiro atoms. The molecule has 0 aliphatic heterocycles. The number of aliphatic carboxylic acids is 1. The van der Waals surface area contributed by atoms with Crippen molar-refractivity contribution in [3.8, 4) is 0 Å². The first-order chi connectivity index (χ1) is 10.1. The monoisotopic (exact) mass is 291 g/mol. The van der Waals surface area contributed by atoms with Crippen LogP contribution in [0.2, 0.25) is 0 Å². The second-order valence-corrected chi connectivity index (χ2v) is 5.46. The van der Waals surface area contributed by atoms with Gasteiger partial charge in [-0.05, 0) is 43.9 Å². The average molecular weight is 291 g/mol. The number of benzene rings is 1. The van der Waals surface area contributed by atoms with Gasteiger partial charge in [-0.15, -0.1) is 0 Å².